The van der Waals surface area contributed by atoms with E-state index in [1.807, 2.05) is 0 Å². The molecule has 1 aromatic carbocycles. The van der Waals surface area contributed by atoms with Crippen LogP contribution in [0.5, 0.6) is 0 Å². The van der Waals surface area contributed by atoms with Crippen molar-refractivity contribution in [3.63, 3.8) is 0 Å². The summed E-state index contributed by atoms with van der Waals surface area (Å²) in [6.45, 7) is 1.65. The Balaban J connectivity index is 1.79. The zero-order valence-electron chi connectivity index (χ0n) is 12.3. The molecule has 0 radical (unpaired) electrons. The van der Waals surface area contributed by atoms with Gasteiger partial charge in [0.15, 0.2) is 6.61 Å². The fourth-order valence-corrected chi connectivity index (χ4v) is 1.96. The molecular weight excluding hydrogens is 304 g/mol. The molecule has 0 bridgehead atoms. The van der Waals surface area contributed by atoms with Crippen molar-refractivity contribution in [3.05, 3.63) is 46.0 Å². The summed E-state index contributed by atoms with van der Waals surface area (Å²) in [5.74, 6) is -0.907. The molecule has 1 saturated heterocycles. The van der Waals surface area contributed by atoms with Crippen LogP contribution in [0, 0.1) is 10.1 Å². The molecule has 0 N–H and O–H groups in total. The number of nitro benzene ring substituents is 1. The monoisotopic (exact) mass is 320 g/mol. The second-order valence-electron chi connectivity index (χ2n) is 4.78. The van der Waals surface area contributed by atoms with Gasteiger partial charge in [-0.2, -0.15) is 0 Å². The lowest BCUT2D eigenvalue weighted by Crippen LogP contribution is -2.42. The zero-order chi connectivity index (χ0) is 16.7. The highest BCUT2D eigenvalue weighted by Gasteiger charge is 2.17. The molecule has 0 aromatic heterocycles. The number of benzene rings is 1. The van der Waals surface area contributed by atoms with E-state index in [2.05, 4.69) is 0 Å². The van der Waals surface area contributed by atoms with Crippen molar-refractivity contribution in [1.82, 2.24) is 4.90 Å². The van der Waals surface area contributed by atoms with Gasteiger partial charge in [0.1, 0.15) is 0 Å². The Bertz CT molecular complexity index is 605. The zero-order valence-corrected chi connectivity index (χ0v) is 12.3. The molecule has 2 rings (SSSR count). The number of hydrogen-bond acceptors (Lipinski definition) is 6. The van der Waals surface area contributed by atoms with E-state index in [0.29, 0.717) is 31.9 Å². The Morgan fingerprint density at radius 3 is 2.52 bits per heavy atom. The van der Waals surface area contributed by atoms with Crippen LogP contribution in [0.1, 0.15) is 5.56 Å². The number of nitrogens with zero attached hydrogens (tertiary/aromatic N) is 2. The van der Waals surface area contributed by atoms with Gasteiger partial charge in [-0.3, -0.25) is 14.9 Å². The molecule has 23 heavy (non-hydrogen) atoms. The third-order valence-electron chi connectivity index (χ3n) is 3.22. The van der Waals surface area contributed by atoms with Crippen molar-refractivity contribution in [1.29, 1.82) is 0 Å². The lowest BCUT2D eigenvalue weighted by Gasteiger charge is -2.26. The molecule has 1 aliphatic rings. The standard InChI is InChI=1S/C15H16N2O6/c18-14(16-7-9-22-10-8-16)11-23-15(19)6-3-12-1-4-13(5-2-12)17(20)21/h1-6H,7-11H2. The first-order valence-electron chi connectivity index (χ1n) is 7.01. The maximum Gasteiger partial charge on any atom is 0.331 e. The van der Waals surface area contributed by atoms with E-state index in [1.54, 1.807) is 4.90 Å². The first-order valence-corrected chi connectivity index (χ1v) is 7.01. The molecule has 122 valence electrons. The minimum atomic E-state index is -0.648. The van der Waals surface area contributed by atoms with Gasteiger partial charge in [-0.25, -0.2) is 4.79 Å². The second-order valence-corrected chi connectivity index (χ2v) is 4.78. The van der Waals surface area contributed by atoms with Crippen LogP contribution in [-0.4, -0.2) is 54.6 Å². The summed E-state index contributed by atoms with van der Waals surface area (Å²) in [5, 5.41) is 10.5. The smallest absolute Gasteiger partial charge is 0.331 e. The predicted molar refractivity (Wildman–Crippen MR) is 80.5 cm³/mol. The fraction of sp³-hybridized carbons (Fsp3) is 0.333. The van der Waals surface area contributed by atoms with Crippen LogP contribution in [0.15, 0.2) is 30.3 Å². The predicted octanol–water partition coefficient (Wildman–Crippen LogP) is 1.01. The number of esters is 1. The van der Waals surface area contributed by atoms with Crippen molar-refractivity contribution < 1.29 is 24.0 Å². The quantitative estimate of drug-likeness (QED) is 0.347. The molecule has 1 heterocycles. The summed E-state index contributed by atoms with van der Waals surface area (Å²) < 4.78 is 10.0. The number of non-ortho nitro benzene ring substituents is 1. The maximum absolute atomic E-state index is 11.8. The van der Waals surface area contributed by atoms with Crippen molar-refractivity contribution in [3.8, 4) is 0 Å². The average molecular weight is 320 g/mol. The highest BCUT2D eigenvalue weighted by Crippen LogP contribution is 2.12. The molecule has 8 nitrogen and oxygen atoms in total. The summed E-state index contributed by atoms with van der Waals surface area (Å²) in [4.78, 5) is 35.0. The van der Waals surface area contributed by atoms with E-state index < -0.39 is 10.9 Å². The molecule has 0 spiro atoms. The lowest BCUT2D eigenvalue weighted by atomic mass is 10.2. The van der Waals surface area contributed by atoms with Crippen LogP contribution < -0.4 is 0 Å². The number of carbonyl (C=O) groups is 2. The van der Waals surface area contributed by atoms with Crippen LogP contribution in [0.25, 0.3) is 6.08 Å². The molecule has 0 saturated carbocycles. The van der Waals surface area contributed by atoms with E-state index in [-0.39, 0.29) is 18.2 Å². The van der Waals surface area contributed by atoms with E-state index in [9.17, 15) is 19.7 Å². The molecular formula is C15H16N2O6. The van der Waals surface area contributed by atoms with Gasteiger partial charge >= 0.3 is 5.97 Å². The summed E-state index contributed by atoms with van der Waals surface area (Å²) >= 11 is 0. The first-order chi connectivity index (χ1) is 11.1. The van der Waals surface area contributed by atoms with E-state index in [0.717, 1.165) is 0 Å². The highest BCUT2D eigenvalue weighted by molar-refractivity contribution is 5.89. The molecule has 0 atom stereocenters. The normalized spacial score (nSPS) is 14.7. The van der Waals surface area contributed by atoms with Gasteiger partial charge in [0.25, 0.3) is 11.6 Å². The summed E-state index contributed by atoms with van der Waals surface area (Å²) in [6, 6.07) is 5.71. The van der Waals surface area contributed by atoms with E-state index in [4.69, 9.17) is 9.47 Å². The molecule has 1 aromatic rings. The maximum atomic E-state index is 11.8. The number of carbonyl (C=O) groups excluding carboxylic acids is 2. The number of amides is 1. The lowest BCUT2D eigenvalue weighted by molar-refractivity contribution is -0.384. The summed E-state index contributed by atoms with van der Waals surface area (Å²) in [7, 11) is 0. The third kappa shape index (κ3) is 5.19. The Morgan fingerprint density at radius 1 is 1.26 bits per heavy atom. The van der Waals surface area contributed by atoms with Gasteiger partial charge in [-0.1, -0.05) is 0 Å². The average Bonchev–Trinajstić information content (AvgIpc) is 2.59. The minimum absolute atomic E-state index is 0.0270. The van der Waals surface area contributed by atoms with Crippen molar-refractivity contribution in [2.75, 3.05) is 32.9 Å². The number of rotatable bonds is 5. The number of ether oxygens (including phenoxy) is 2. The molecule has 0 unspecified atom stereocenters. The topological polar surface area (TPSA) is 99.0 Å². The Labute approximate surface area is 132 Å². The van der Waals surface area contributed by atoms with Crippen LogP contribution in [0.3, 0.4) is 0 Å². The Kier molecular flexibility index (Phi) is 5.81. The van der Waals surface area contributed by atoms with Gasteiger partial charge in [0.2, 0.25) is 0 Å². The summed E-state index contributed by atoms with van der Waals surface area (Å²) in [5.41, 5.74) is 0.591. The van der Waals surface area contributed by atoms with Crippen LogP contribution in [-0.2, 0) is 19.1 Å². The number of morpholine rings is 1. The summed E-state index contributed by atoms with van der Waals surface area (Å²) in [6.07, 6.45) is 2.64. The van der Waals surface area contributed by atoms with E-state index >= 15 is 0 Å². The number of hydrogen-bond donors (Lipinski definition) is 0. The van der Waals surface area contributed by atoms with Crippen molar-refractivity contribution in [2.45, 2.75) is 0 Å². The minimum Gasteiger partial charge on any atom is -0.452 e. The van der Waals surface area contributed by atoms with Gasteiger partial charge in [0, 0.05) is 31.3 Å². The first kappa shape index (κ1) is 16.6. The molecule has 1 amide bonds. The number of nitro groups is 1. The highest BCUT2D eigenvalue weighted by atomic mass is 16.6. The van der Waals surface area contributed by atoms with Crippen LogP contribution >= 0.6 is 0 Å². The molecule has 0 aliphatic carbocycles. The van der Waals surface area contributed by atoms with Gasteiger partial charge in [-0.15, -0.1) is 0 Å². The van der Waals surface area contributed by atoms with Gasteiger partial charge in [-0.05, 0) is 23.8 Å². The van der Waals surface area contributed by atoms with Gasteiger partial charge in [0.05, 0.1) is 18.1 Å². The largest absolute Gasteiger partial charge is 0.452 e. The van der Waals surface area contributed by atoms with Crippen molar-refractivity contribution in [2.24, 2.45) is 0 Å². The van der Waals surface area contributed by atoms with Gasteiger partial charge < -0.3 is 14.4 Å². The van der Waals surface area contributed by atoms with E-state index in [1.165, 1.54) is 36.4 Å². The van der Waals surface area contributed by atoms with Crippen molar-refractivity contribution >= 4 is 23.6 Å². The molecule has 1 fully saturated rings. The third-order valence-corrected chi connectivity index (χ3v) is 3.22. The SMILES string of the molecule is O=C(C=Cc1ccc([N+](=O)[O-])cc1)OCC(=O)N1CCOCC1. The Hall–Kier alpha value is -2.74. The van der Waals surface area contributed by atoms with Crippen LogP contribution in [0.4, 0.5) is 5.69 Å². The second kappa shape index (κ2) is 8.04. The molecule has 8 heteroatoms. The Morgan fingerprint density at radius 2 is 1.91 bits per heavy atom. The fourth-order valence-electron chi connectivity index (χ4n) is 1.96. The van der Waals surface area contributed by atoms with Crippen LogP contribution in [0.2, 0.25) is 0 Å². The molecule has 1 aliphatic heterocycles.